The molecule has 0 bridgehead atoms. The first kappa shape index (κ1) is 11.1. The third kappa shape index (κ3) is 2.08. The second-order valence-electron chi connectivity index (χ2n) is 6.26. The zero-order valence-electron chi connectivity index (χ0n) is 10.3. The van der Waals surface area contributed by atoms with Crippen LogP contribution in [0.15, 0.2) is 0 Å². The summed E-state index contributed by atoms with van der Waals surface area (Å²) < 4.78 is 0. The lowest BCUT2D eigenvalue weighted by atomic mass is 9.72. The highest BCUT2D eigenvalue weighted by molar-refractivity contribution is 5.04. The van der Waals surface area contributed by atoms with E-state index in [9.17, 15) is 0 Å². The van der Waals surface area contributed by atoms with Crippen molar-refractivity contribution in [2.45, 2.75) is 60.8 Å². The Hall–Kier alpha value is 0. The molecule has 0 heterocycles. The zero-order chi connectivity index (χ0) is 10.3. The minimum Gasteiger partial charge on any atom is -0.0654 e. The van der Waals surface area contributed by atoms with Crippen LogP contribution < -0.4 is 0 Å². The molecule has 0 N–H and O–H groups in total. The van der Waals surface area contributed by atoms with Crippen molar-refractivity contribution in [3.05, 3.63) is 0 Å². The average molecular weight is 182 g/mol. The van der Waals surface area contributed by atoms with Crippen LogP contribution in [0.1, 0.15) is 60.8 Å². The SMILES string of the molecule is CCCC(C)C(C)(C)C1CC1(C)C. The standard InChI is InChI=1S/C13H26/c1-7-8-10(2)13(5,6)11-9-12(11,3)4/h10-11H,7-9H2,1-6H3. The monoisotopic (exact) mass is 182 g/mol. The fraction of sp³-hybridized carbons (Fsp3) is 1.00. The van der Waals surface area contributed by atoms with Gasteiger partial charge < -0.3 is 0 Å². The number of hydrogen-bond acceptors (Lipinski definition) is 0. The lowest BCUT2D eigenvalue weighted by molar-refractivity contribution is 0.157. The molecule has 0 spiro atoms. The molecule has 0 radical (unpaired) electrons. The first-order valence-electron chi connectivity index (χ1n) is 5.82. The lowest BCUT2D eigenvalue weighted by Gasteiger charge is -2.33. The molecule has 0 aromatic rings. The van der Waals surface area contributed by atoms with Gasteiger partial charge in [0.15, 0.2) is 0 Å². The Morgan fingerprint density at radius 2 is 1.85 bits per heavy atom. The van der Waals surface area contributed by atoms with Crippen molar-refractivity contribution >= 4 is 0 Å². The van der Waals surface area contributed by atoms with Crippen molar-refractivity contribution in [1.29, 1.82) is 0 Å². The first-order chi connectivity index (χ1) is 5.82. The smallest absolute Gasteiger partial charge is 0.0295 e. The van der Waals surface area contributed by atoms with Gasteiger partial charge in [-0.2, -0.15) is 0 Å². The Morgan fingerprint density at radius 3 is 2.15 bits per heavy atom. The molecular weight excluding hydrogens is 156 g/mol. The molecule has 1 rings (SSSR count). The number of hydrogen-bond donors (Lipinski definition) is 0. The van der Waals surface area contributed by atoms with Gasteiger partial charge in [-0.1, -0.05) is 54.4 Å². The molecule has 0 aromatic carbocycles. The molecular formula is C13H26. The van der Waals surface area contributed by atoms with E-state index in [0.717, 1.165) is 11.8 Å². The Morgan fingerprint density at radius 1 is 1.38 bits per heavy atom. The van der Waals surface area contributed by atoms with Crippen molar-refractivity contribution in [3.63, 3.8) is 0 Å². The van der Waals surface area contributed by atoms with Gasteiger partial charge in [0.1, 0.15) is 0 Å². The largest absolute Gasteiger partial charge is 0.0654 e. The minimum atomic E-state index is 0.555. The van der Waals surface area contributed by atoms with Gasteiger partial charge in [-0.05, 0) is 29.1 Å². The number of rotatable bonds is 4. The minimum absolute atomic E-state index is 0.555. The summed E-state index contributed by atoms with van der Waals surface area (Å²) in [5.41, 5.74) is 1.19. The van der Waals surface area contributed by atoms with E-state index in [0.29, 0.717) is 10.8 Å². The van der Waals surface area contributed by atoms with Crippen molar-refractivity contribution in [1.82, 2.24) is 0 Å². The summed E-state index contributed by atoms with van der Waals surface area (Å²) in [5.74, 6) is 1.84. The summed E-state index contributed by atoms with van der Waals surface area (Å²) in [6.45, 7) is 14.5. The van der Waals surface area contributed by atoms with Crippen LogP contribution in [0.2, 0.25) is 0 Å². The summed E-state index contributed by atoms with van der Waals surface area (Å²) in [6, 6.07) is 0. The van der Waals surface area contributed by atoms with E-state index in [1.165, 1.54) is 19.3 Å². The van der Waals surface area contributed by atoms with E-state index in [4.69, 9.17) is 0 Å². The molecule has 1 saturated carbocycles. The van der Waals surface area contributed by atoms with Gasteiger partial charge >= 0.3 is 0 Å². The van der Waals surface area contributed by atoms with Crippen molar-refractivity contribution in [2.24, 2.45) is 22.7 Å². The second-order valence-corrected chi connectivity index (χ2v) is 6.26. The van der Waals surface area contributed by atoms with Crippen LogP contribution in [-0.4, -0.2) is 0 Å². The maximum absolute atomic E-state index is 2.47. The fourth-order valence-electron chi connectivity index (χ4n) is 2.89. The third-order valence-electron chi connectivity index (χ3n) is 4.40. The van der Waals surface area contributed by atoms with Gasteiger partial charge in [0.05, 0.1) is 0 Å². The fourth-order valence-corrected chi connectivity index (χ4v) is 2.89. The van der Waals surface area contributed by atoms with Crippen LogP contribution in [0.4, 0.5) is 0 Å². The van der Waals surface area contributed by atoms with Gasteiger partial charge in [0.2, 0.25) is 0 Å². The molecule has 1 aliphatic carbocycles. The first-order valence-corrected chi connectivity index (χ1v) is 5.82. The molecule has 0 aromatic heterocycles. The van der Waals surface area contributed by atoms with Crippen LogP contribution in [-0.2, 0) is 0 Å². The molecule has 0 aliphatic heterocycles. The van der Waals surface area contributed by atoms with Gasteiger partial charge in [-0.25, -0.2) is 0 Å². The van der Waals surface area contributed by atoms with Crippen molar-refractivity contribution in [3.8, 4) is 0 Å². The quantitative estimate of drug-likeness (QED) is 0.600. The van der Waals surface area contributed by atoms with Crippen LogP contribution in [0.5, 0.6) is 0 Å². The Bertz CT molecular complexity index is 176. The highest BCUT2D eigenvalue weighted by Gasteiger charge is 2.54. The summed E-state index contributed by atoms with van der Waals surface area (Å²) in [6.07, 6.45) is 4.16. The molecule has 13 heavy (non-hydrogen) atoms. The van der Waals surface area contributed by atoms with E-state index >= 15 is 0 Å². The van der Waals surface area contributed by atoms with Crippen molar-refractivity contribution in [2.75, 3.05) is 0 Å². The summed E-state index contributed by atoms with van der Waals surface area (Å²) in [4.78, 5) is 0. The van der Waals surface area contributed by atoms with Gasteiger partial charge in [-0.3, -0.25) is 0 Å². The maximum Gasteiger partial charge on any atom is -0.0295 e. The van der Waals surface area contributed by atoms with Crippen LogP contribution in [0.25, 0.3) is 0 Å². The molecule has 0 nitrogen and oxygen atoms in total. The molecule has 78 valence electrons. The molecule has 1 fully saturated rings. The topological polar surface area (TPSA) is 0 Å². The average Bonchev–Trinajstić information content (AvgIpc) is 2.61. The third-order valence-corrected chi connectivity index (χ3v) is 4.40. The normalized spacial score (nSPS) is 28.6. The molecule has 0 saturated heterocycles. The molecule has 2 unspecified atom stereocenters. The van der Waals surface area contributed by atoms with Gasteiger partial charge in [0, 0.05) is 0 Å². The summed E-state index contributed by atoms with van der Waals surface area (Å²) >= 11 is 0. The summed E-state index contributed by atoms with van der Waals surface area (Å²) in [7, 11) is 0. The van der Waals surface area contributed by atoms with E-state index < -0.39 is 0 Å². The van der Waals surface area contributed by atoms with Crippen LogP contribution >= 0.6 is 0 Å². The summed E-state index contributed by atoms with van der Waals surface area (Å²) in [5, 5.41) is 0. The van der Waals surface area contributed by atoms with Crippen LogP contribution in [0, 0.1) is 22.7 Å². The Kier molecular flexibility index (Phi) is 2.81. The molecule has 1 aliphatic rings. The maximum atomic E-state index is 2.47. The van der Waals surface area contributed by atoms with E-state index in [2.05, 4.69) is 41.5 Å². The van der Waals surface area contributed by atoms with E-state index in [1.807, 2.05) is 0 Å². The molecule has 2 atom stereocenters. The Labute approximate surface area is 84.1 Å². The van der Waals surface area contributed by atoms with Gasteiger partial charge in [-0.15, -0.1) is 0 Å². The predicted molar refractivity (Wildman–Crippen MR) is 59.7 cm³/mol. The highest BCUT2D eigenvalue weighted by Crippen LogP contribution is 2.62. The Balaban J connectivity index is 2.56. The van der Waals surface area contributed by atoms with Gasteiger partial charge in [0.25, 0.3) is 0 Å². The molecule has 0 amide bonds. The van der Waals surface area contributed by atoms with E-state index in [-0.39, 0.29) is 0 Å². The van der Waals surface area contributed by atoms with Crippen LogP contribution in [0.3, 0.4) is 0 Å². The predicted octanol–water partition coefficient (Wildman–Crippen LogP) is 4.49. The van der Waals surface area contributed by atoms with E-state index in [1.54, 1.807) is 0 Å². The molecule has 0 heteroatoms. The van der Waals surface area contributed by atoms with Crippen molar-refractivity contribution < 1.29 is 0 Å². The highest BCUT2D eigenvalue weighted by atomic mass is 14.6. The zero-order valence-corrected chi connectivity index (χ0v) is 10.3. The second kappa shape index (κ2) is 3.29. The lowest BCUT2D eigenvalue weighted by Crippen LogP contribution is -2.26.